The van der Waals surface area contributed by atoms with E-state index < -0.39 is 6.04 Å². The molecule has 0 saturated carbocycles. The van der Waals surface area contributed by atoms with Crippen LogP contribution in [0.3, 0.4) is 0 Å². The fraction of sp³-hybridized carbons (Fsp3) is 0.800. The zero-order chi connectivity index (χ0) is 16.1. The molecule has 0 spiro atoms. The average molecular weight is 308 g/mol. The van der Waals surface area contributed by atoms with Crippen LogP contribution in [0.15, 0.2) is 0 Å². The molecule has 2 saturated heterocycles. The molecule has 2 heterocycles. The number of likely N-dealkylation sites (tertiary alicyclic amines) is 2. The Hall–Kier alpha value is -1.65. The second kappa shape index (κ2) is 7.56. The molecule has 0 aromatic heterocycles. The fourth-order valence-electron chi connectivity index (χ4n) is 3.28. The van der Waals surface area contributed by atoms with Crippen LogP contribution in [0.1, 0.15) is 38.5 Å². The Morgan fingerprint density at radius 3 is 2.64 bits per heavy atom. The van der Waals surface area contributed by atoms with Gasteiger partial charge in [0.2, 0.25) is 11.8 Å². The topological polar surface area (TPSA) is 111 Å². The van der Waals surface area contributed by atoms with E-state index in [0.717, 1.165) is 19.3 Å². The van der Waals surface area contributed by atoms with Gasteiger partial charge in [-0.1, -0.05) is 0 Å². The first-order chi connectivity index (χ1) is 10.6. The van der Waals surface area contributed by atoms with Crippen molar-refractivity contribution in [2.75, 3.05) is 19.7 Å². The Balaban J connectivity index is 1.82. The number of nitriles is 1. The van der Waals surface area contributed by atoms with Crippen LogP contribution in [0.2, 0.25) is 0 Å². The molecular formula is C15H24N4O3. The Bertz CT molecular complexity index is 462. The second-order valence-electron chi connectivity index (χ2n) is 6.03. The summed E-state index contributed by atoms with van der Waals surface area (Å²) in [6, 6.07) is 0.898. The molecule has 2 unspecified atom stereocenters. The van der Waals surface area contributed by atoms with Crippen LogP contribution in [-0.4, -0.2) is 64.5 Å². The molecule has 3 N–H and O–H groups in total. The van der Waals surface area contributed by atoms with Gasteiger partial charge in [-0.2, -0.15) is 5.26 Å². The molecule has 2 fully saturated rings. The van der Waals surface area contributed by atoms with Crippen molar-refractivity contribution in [3.05, 3.63) is 0 Å². The van der Waals surface area contributed by atoms with E-state index in [1.165, 1.54) is 4.90 Å². The number of nitrogens with zero attached hydrogens (tertiary/aromatic N) is 3. The monoisotopic (exact) mass is 308 g/mol. The number of carbonyl (C=O) groups excluding carboxylic acids is 2. The van der Waals surface area contributed by atoms with Crippen molar-refractivity contribution in [2.45, 2.75) is 56.7 Å². The number of aliphatic hydroxyl groups is 1. The van der Waals surface area contributed by atoms with Crippen LogP contribution in [-0.2, 0) is 9.59 Å². The molecule has 22 heavy (non-hydrogen) atoms. The van der Waals surface area contributed by atoms with Crippen LogP contribution in [0.5, 0.6) is 0 Å². The highest BCUT2D eigenvalue weighted by molar-refractivity contribution is 5.84. The van der Waals surface area contributed by atoms with Gasteiger partial charge in [-0.15, -0.1) is 0 Å². The third kappa shape index (κ3) is 3.57. The molecule has 7 nitrogen and oxygen atoms in total. The van der Waals surface area contributed by atoms with E-state index in [1.807, 2.05) is 0 Å². The van der Waals surface area contributed by atoms with E-state index in [9.17, 15) is 14.7 Å². The van der Waals surface area contributed by atoms with Crippen LogP contribution in [0, 0.1) is 11.3 Å². The minimum atomic E-state index is -0.743. The lowest BCUT2D eigenvalue weighted by molar-refractivity contribution is -0.134. The molecule has 2 amide bonds. The SMILES string of the molecule is N#C[C@@H]1CCCN1C(=O)C(N)CCC(=O)N1CCCC1CO. The maximum Gasteiger partial charge on any atom is 0.240 e. The summed E-state index contributed by atoms with van der Waals surface area (Å²) < 4.78 is 0. The van der Waals surface area contributed by atoms with Crippen molar-refractivity contribution >= 4 is 11.8 Å². The number of hydrogen-bond donors (Lipinski definition) is 2. The third-order valence-electron chi connectivity index (χ3n) is 4.58. The van der Waals surface area contributed by atoms with Gasteiger partial charge >= 0.3 is 0 Å². The van der Waals surface area contributed by atoms with Crippen molar-refractivity contribution in [1.29, 1.82) is 5.26 Å². The summed E-state index contributed by atoms with van der Waals surface area (Å²) in [5, 5.41) is 18.3. The van der Waals surface area contributed by atoms with Crippen molar-refractivity contribution in [2.24, 2.45) is 5.73 Å². The molecule has 2 aliphatic rings. The molecule has 7 heteroatoms. The molecule has 3 atom stereocenters. The third-order valence-corrected chi connectivity index (χ3v) is 4.58. The summed E-state index contributed by atoms with van der Waals surface area (Å²) in [7, 11) is 0. The highest BCUT2D eigenvalue weighted by Crippen LogP contribution is 2.20. The first kappa shape index (κ1) is 16.7. The maximum absolute atomic E-state index is 12.3. The number of carbonyl (C=O) groups is 2. The molecule has 0 radical (unpaired) electrons. The van der Waals surface area contributed by atoms with Crippen LogP contribution >= 0.6 is 0 Å². The molecule has 0 bridgehead atoms. The van der Waals surface area contributed by atoms with E-state index in [0.29, 0.717) is 19.5 Å². The molecule has 2 rings (SSSR count). The standard InChI is InChI=1S/C15H24N4O3/c16-9-11-3-1-8-19(11)15(22)13(17)5-6-14(21)18-7-2-4-12(18)10-20/h11-13,20H,1-8,10,17H2/t11-,12?,13?/m0/s1. The van der Waals surface area contributed by atoms with Gasteiger partial charge in [0.1, 0.15) is 6.04 Å². The number of hydrogen-bond acceptors (Lipinski definition) is 5. The Morgan fingerprint density at radius 1 is 1.27 bits per heavy atom. The lowest BCUT2D eigenvalue weighted by atomic mass is 10.1. The number of amides is 2. The molecule has 0 aromatic rings. The van der Waals surface area contributed by atoms with Gasteiger partial charge in [-0.3, -0.25) is 9.59 Å². The summed E-state index contributed by atoms with van der Waals surface area (Å²) >= 11 is 0. The zero-order valence-electron chi connectivity index (χ0n) is 12.8. The minimum absolute atomic E-state index is 0.0195. The smallest absolute Gasteiger partial charge is 0.240 e. The van der Waals surface area contributed by atoms with Gasteiger partial charge in [0, 0.05) is 19.5 Å². The number of rotatable bonds is 5. The van der Waals surface area contributed by atoms with Crippen molar-refractivity contribution in [3.8, 4) is 6.07 Å². The molecule has 2 aliphatic heterocycles. The quantitative estimate of drug-likeness (QED) is 0.717. The molecule has 0 aromatic carbocycles. The van der Waals surface area contributed by atoms with Gasteiger partial charge in [0.05, 0.1) is 24.8 Å². The molecule has 0 aliphatic carbocycles. The summed E-state index contributed by atoms with van der Waals surface area (Å²) in [6.07, 6.45) is 3.72. The second-order valence-corrected chi connectivity index (χ2v) is 6.03. The molecular weight excluding hydrogens is 284 g/mol. The van der Waals surface area contributed by atoms with E-state index >= 15 is 0 Å². The first-order valence-corrected chi connectivity index (χ1v) is 7.94. The fourth-order valence-corrected chi connectivity index (χ4v) is 3.28. The van der Waals surface area contributed by atoms with Gasteiger partial charge in [0.15, 0.2) is 0 Å². The average Bonchev–Trinajstić information content (AvgIpc) is 3.19. The van der Waals surface area contributed by atoms with Crippen molar-refractivity contribution in [3.63, 3.8) is 0 Å². The van der Waals surface area contributed by atoms with Crippen molar-refractivity contribution in [1.82, 2.24) is 9.80 Å². The Kier molecular flexibility index (Phi) is 5.75. The van der Waals surface area contributed by atoms with Crippen LogP contribution < -0.4 is 5.73 Å². The summed E-state index contributed by atoms with van der Waals surface area (Å²) in [4.78, 5) is 27.6. The van der Waals surface area contributed by atoms with Gasteiger partial charge in [-0.25, -0.2) is 0 Å². The summed E-state index contributed by atoms with van der Waals surface area (Å²) in [5.74, 6) is -0.296. The van der Waals surface area contributed by atoms with E-state index in [2.05, 4.69) is 6.07 Å². The highest BCUT2D eigenvalue weighted by atomic mass is 16.3. The van der Waals surface area contributed by atoms with Crippen LogP contribution in [0.4, 0.5) is 0 Å². The number of nitrogens with two attached hydrogens (primary N) is 1. The van der Waals surface area contributed by atoms with E-state index in [1.54, 1.807) is 4.90 Å². The van der Waals surface area contributed by atoms with E-state index in [4.69, 9.17) is 11.0 Å². The van der Waals surface area contributed by atoms with Gasteiger partial charge in [0.25, 0.3) is 0 Å². The Labute approximate surface area is 130 Å². The normalized spacial score (nSPS) is 26.0. The lowest BCUT2D eigenvalue weighted by Gasteiger charge is -2.25. The Morgan fingerprint density at radius 2 is 1.95 bits per heavy atom. The maximum atomic E-state index is 12.3. The van der Waals surface area contributed by atoms with Gasteiger partial charge in [-0.05, 0) is 32.1 Å². The van der Waals surface area contributed by atoms with Gasteiger partial charge < -0.3 is 20.6 Å². The summed E-state index contributed by atoms with van der Waals surface area (Å²) in [6.45, 7) is 1.21. The predicted octanol–water partition coefficient (Wildman–Crippen LogP) is -0.408. The lowest BCUT2D eigenvalue weighted by Crippen LogP contribution is -2.46. The van der Waals surface area contributed by atoms with Crippen LogP contribution in [0.25, 0.3) is 0 Å². The van der Waals surface area contributed by atoms with Crippen molar-refractivity contribution < 1.29 is 14.7 Å². The molecule has 122 valence electrons. The zero-order valence-corrected chi connectivity index (χ0v) is 12.8. The highest BCUT2D eigenvalue weighted by Gasteiger charge is 2.33. The first-order valence-electron chi connectivity index (χ1n) is 7.94. The minimum Gasteiger partial charge on any atom is -0.394 e. The summed E-state index contributed by atoms with van der Waals surface area (Å²) in [5.41, 5.74) is 5.91. The van der Waals surface area contributed by atoms with E-state index in [-0.39, 0.29) is 43.3 Å². The predicted molar refractivity (Wildman–Crippen MR) is 79.4 cm³/mol. The number of aliphatic hydroxyl groups excluding tert-OH is 1. The largest absolute Gasteiger partial charge is 0.394 e.